The fraction of sp³-hybridized carbons (Fsp3) is 0.458. The third-order valence-corrected chi connectivity index (χ3v) is 4.70. The molecular weight excluding hydrogens is 521 g/mol. The zero-order valence-electron chi connectivity index (χ0n) is 18.9. The molecular formula is C24H34IN3O4. The Hall–Kier alpha value is -2.04. The van der Waals surface area contributed by atoms with Gasteiger partial charge in [-0.2, -0.15) is 0 Å². The highest BCUT2D eigenvalue weighted by Gasteiger charge is 2.11. The van der Waals surface area contributed by atoms with Crippen molar-refractivity contribution in [3.8, 4) is 11.5 Å². The second-order valence-electron chi connectivity index (χ2n) is 7.38. The lowest BCUT2D eigenvalue weighted by atomic mass is 10.1. The molecule has 0 bridgehead atoms. The molecule has 0 saturated carbocycles. The monoisotopic (exact) mass is 555 g/mol. The van der Waals surface area contributed by atoms with Gasteiger partial charge in [-0.05, 0) is 31.0 Å². The highest BCUT2D eigenvalue weighted by molar-refractivity contribution is 14.0. The highest BCUT2D eigenvalue weighted by Crippen LogP contribution is 2.32. The van der Waals surface area contributed by atoms with E-state index in [0.717, 1.165) is 36.6 Å². The van der Waals surface area contributed by atoms with Crippen LogP contribution in [0.5, 0.6) is 11.5 Å². The third-order valence-electron chi connectivity index (χ3n) is 4.70. The van der Waals surface area contributed by atoms with Gasteiger partial charge in [0, 0.05) is 38.4 Å². The van der Waals surface area contributed by atoms with Crippen molar-refractivity contribution in [3.63, 3.8) is 0 Å². The largest absolute Gasteiger partial charge is 0.490 e. The normalized spacial score (nSPS) is 13.1. The quantitative estimate of drug-likeness (QED) is 0.196. The zero-order chi connectivity index (χ0) is 21.7. The molecule has 1 heterocycles. The minimum absolute atomic E-state index is 0. The molecule has 0 fully saturated rings. The van der Waals surface area contributed by atoms with E-state index >= 15 is 0 Å². The summed E-state index contributed by atoms with van der Waals surface area (Å²) in [4.78, 5) is 4.77. The lowest BCUT2D eigenvalue weighted by molar-refractivity contribution is 0.0699. The van der Waals surface area contributed by atoms with Gasteiger partial charge in [-0.3, -0.25) is 0 Å². The molecule has 2 N–H and O–H groups in total. The number of hydrogen-bond acceptors (Lipinski definition) is 5. The maximum Gasteiger partial charge on any atom is 0.196 e. The number of hydrogen-bond donors (Lipinski definition) is 2. The molecule has 8 heteroatoms. The van der Waals surface area contributed by atoms with E-state index in [4.69, 9.17) is 23.9 Å². The van der Waals surface area contributed by atoms with E-state index < -0.39 is 0 Å². The number of methoxy groups -OCH3 is 1. The fourth-order valence-electron chi connectivity index (χ4n) is 3.12. The van der Waals surface area contributed by atoms with Crippen molar-refractivity contribution in [3.05, 3.63) is 53.6 Å². The fourth-order valence-corrected chi connectivity index (χ4v) is 3.12. The molecule has 0 amide bonds. The lowest BCUT2D eigenvalue weighted by Crippen LogP contribution is -2.32. The van der Waals surface area contributed by atoms with Crippen LogP contribution in [0.25, 0.3) is 0 Å². The Morgan fingerprint density at radius 1 is 1.03 bits per heavy atom. The number of aliphatic imine (C=N–C) groups is 1. The van der Waals surface area contributed by atoms with Crippen LogP contribution < -0.4 is 20.1 Å². The maximum absolute atomic E-state index is 5.81. The predicted molar refractivity (Wildman–Crippen MR) is 139 cm³/mol. The summed E-state index contributed by atoms with van der Waals surface area (Å²) in [5.74, 6) is 2.25. The number of nitrogens with one attached hydrogen (secondary N) is 2. The summed E-state index contributed by atoms with van der Waals surface area (Å²) in [6.45, 7) is 6.66. The molecule has 1 aliphatic heterocycles. The first-order valence-electron chi connectivity index (χ1n) is 10.8. The summed E-state index contributed by atoms with van der Waals surface area (Å²) in [6, 6.07) is 14.3. The van der Waals surface area contributed by atoms with Gasteiger partial charge in [0.05, 0.1) is 33.0 Å². The van der Waals surface area contributed by atoms with Crippen LogP contribution in [0.4, 0.5) is 5.69 Å². The Morgan fingerprint density at radius 3 is 2.69 bits per heavy atom. The number of fused-ring (bicyclic) bond motifs is 1. The van der Waals surface area contributed by atoms with Crippen molar-refractivity contribution >= 4 is 35.6 Å². The van der Waals surface area contributed by atoms with Crippen LogP contribution in [0.15, 0.2) is 47.5 Å². The molecule has 7 nitrogen and oxygen atoms in total. The number of nitrogens with zero attached hydrogens (tertiary/aromatic N) is 1. The van der Waals surface area contributed by atoms with E-state index in [-0.39, 0.29) is 24.0 Å². The van der Waals surface area contributed by atoms with Crippen LogP contribution >= 0.6 is 24.0 Å². The Balaban J connectivity index is 0.00000363. The molecule has 0 aromatic heterocycles. The molecule has 2 aromatic rings. The lowest BCUT2D eigenvalue weighted by Gasteiger charge is -2.15. The van der Waals surface area contributed by atoms with Crippen LogP contribution in [-0.4, -0.2) is 52.6 Å². The summed E-state index contributed by atoms with van der Waals surface area (Å²) in [6.07, 6.45) is 1.75. The number of rotatable bonds is 10. The third kappa shape index (κ3) is 9.22. The number of aryl methyl sites for hydroxylation is 1. The van der Waals surface area contributed by atoms with Gasteiger partial charge in [-0.1, -0.05) is 29.8 Å². The van der Waals surface area contributed by atoms with Gasteiger partial charge in [0.1, 0.15) is 0 Å². The smallest absolute Gasteiger partial charge is 0.196 e. The van der Waals surface area contributed by atoms with Crippen LogP contribution in [0.3, 0.4) is 0 Å². The summed E-state index contributed by atoms with van der Waals surface area (Å²) < 4.78 is 22.1. The minimum Gasteiger partial charge on any atom is -0.490 e. The van der Waals surface area contributed by atoms with Gasteiger partial charge >= 0.3 is 0 Å². The zero-order valence-corrected chi connectivity index (χ0v) is 21.2. The van der Waals surface area contributed by atoms with Crippen LogP contribution in [0.2, 0.25) is 0 Å². The molecule has 0 atom stereocenters. The van der Waals surface area contributed by atoms with Gasteiger partial charge in [0.15, 0.2) is 17.5 Å². The van der Waals surface area contributed by atoms with Gasteiger partial charge in [0.25, 0.3) is 0 Å². The van der Waals surface area contributed by atoms with Crippen molar-refractivity contribution in [1.82, 2.24) is 5.32 Å². The summed E-state index contributed by atoms with van der Waals surface area (Å²) in [5, 5.41) is 6.78. The van der Waals surface area contributed by atoms with Crippen molar-refractivity contribution < 1.29 is 18.9 Å². The van der Waals surface area contributed by atoms with Crippen molar-refractivity contribution in [2.24, 2.45) is 4.99 Å². The van der Waals surface area contributed by atoms with E-state index in [1.54, 1.807) is 7.11 Å². The average molecular weight is 555 g/mol. The summed E-state index contributed by atoms with van der Waals surface area (Å²) >= 11 is 0. The molecule has 0 radical (unpaired) electrons. The molecule has 176 valence electrons. The van der Waals surface area contributed by atoms with Crippen LogP contribution in [0, 0.1) is 6.92 Å². The molecule has 3 rings (SSSR count). The molecule has 2 aromatic carbocycles. The van der Waals surface area contributed by atoms with E-state index in [9.17, 15) is 0 Å². The summed E-state index contributed by atoms with van der Waals surface area (Å²) in [5.41, 5.74) is 3.30. The highest BCUT2D eigenvalue weighted by atomic mass is 127. The topological polar surface area (TPSA) is 73.3 Å². The molecule has 0 spiro atoms. The molecule has 0 saturated heterocycles. The van der Waals surface area contributed by atoms with Gasteiger partial charge in [-0.25, -0.2) is 4.99 Å². The van der Waals surface area contributed by atoms with E-state index in [2.05, 4.69) is 41.8 Å². The van der Waals surface area contributed by atoms with Crippen LogP contribution in [-0.2, 0) is 16.0 Å². The van der Waals surface area contributed by atoms with Gasteiger partial charge in [-0.15, -0.1) is 24.0 Å². The number of anilines is 1. The van der Waals surface area contributed by atoms with Crippen molar-refractivity contribution in [2.45, 2.75) is 26.3 Å². The van der Waals surface area contributed by atoms with E-state index in [1.165, 1.54) is 11.1 Å². The number of benzene rings is 2. The second kappa shape index (κ2) is 14.9. The van der Waals surface area contributed by atoms with Gasteiger partial charge < -0.3 is 29.6 Å². The number of halogens is 1. The predicted octanol–water partition coefficient (Wildman–Crippen LogP) is 4.39. The first-order valence-corrected chi connectivity index (χ1v) is 10.8. The van der Waals surface area contributed by atoms with Crippen LogP contribution in [0.1, 0.15) is 24.0 Å². The second-order valence-corrected chi connectivity index (χ2v) is 7.38. The number of guanidine groups is 1. The molecule has 1 aliphatic rings. The van der Waals surface area contributed by atoms with E-state index in [1.807, 2.05) is 18.2 Å². The molecule has 0 aliphatic carbocycles. The van der Waals surface area contributed by atoms with E-state index in [0.29, 0.717) is 45.5 Å². The SMILES string of the molecule is COCCOCCCNC(=NCc1cccc(C)c1)Nc1ccc2c(c1)OCCCO2.I. The van der Waals surface area contributed by atoms with Crippen molar-refractivity contribution in [1.29, 1.82) is 0 Å². The Bertz CT molecular complexity index is 848. The molecule has 0 unspecified atom stereocenters. The maximum atomic E-state index is 5.81. The Labute approximate surface area is 207 Å². The number of ether oxygens (including phenoxy) is 4. The first-order chi connectivity index (χ1) is 15.2. The minimum atomic E-state index is 0. The van der Waals surface area contributed by atoms with Gasteiger partial charge in [0.2, 0.25) is 0 Å². The first kappa shape index (κ1) is 26.2. The molecule has 32 heavy (non-hydrogen) atoms. The Morgan fingerprint density at radius 2 is 1.88 bits per heavy atom. The average Bonchev–Trinajstić information content (AvgIpc) is 3.02. The summed E-state index contributed by atoms with van der Waals surface area (Å²) in [7, 11) is 1.67. The van der Waals surface area contributed by atoms with Crippen molar-refractivity contribution in [2.75, 3.05) is 52.0 Å². The Kier molecular flexibility index (Phi) is 12.2. The standard InChI is InChI=1S/C24H33N3O4.HI/c1-19-6-3-7-20(16-19)18-26-24(25-10-4-11-29-15-14-28-2)27-21-8-9-22-23(17-21)31-13-5-12-30-22;/h3,6-9,16-17H,4-5,10-15,18H2,1-2H3,(H2,25,26,27);1H.